The Morgan fingerprint density at radius 3 is 2.89 bits per heavy atom. The van der Waals surface area contributed by atoms with Crippen LogP contribution in [-0.2, 0) is 4.79 Å². The highest BCUT2D eigenvalue weighted by molar-refractivity contribution is 5.95. The van der Waals surface area contributed by atoms with Gasteiger partial charge in [0.1, 0.15) is 5.69 Å². The average Bonchev–Trinajstić information content (AvgIpc) is 2.39. The lowest BCUT2D eigenvalue weighted by Gasteiger charge is -2.18. The number of pyridine rings is 1. The van der Waals surface area contributed by atoms with E-state index in [2.05, 4.69) is 10.3 Å². The van der Waals surface area contributed by atoms with Gasteiger partial charge in [0.05, 0.1) is 12.6 Å². The fraction of sp³-hybridized carbons (Fsp3) is 0.538. The largest absolute Gasteiger partial charge is 0.476 e. The number of carbonyl (C=O) groups excluding carboxylic acids is 1. The number of nitrogens with one attached hydrogen (secondary N) is 1. The molecule has 5 heteroatoms. The van der Waals surface area contributed by atoms with Crippen LogP contribution < -0.4 is 15.8 Å². The smallest absolute Gasteiger partial charge is 0.241 e. The van der Waals surface area contributed by atoms with Gasteiger partial charge in [-0.1, -0.05) is 20.3 Å². The van der Waals surface area contributed by atoms with Crippen molar-refractivity contribution in [2.24, 2.45) is 11.7 Å². The number of hydrogen-bond donors (Lipinski definition) is 2. The van der Waals surface area contributed by atoms with Crippen LogP contribution in [0.5, 0.6) is 5.88 Å². The summed E-state index contributed by atoms with van der Waals surface area (Å²) in [5, 5.41) is 2.76. The number of nitrogens with two attached hydrogens (primary N) is 1. The summed E-state index contributed by atoms with van der Waals surface area (Å²) in [5.74, 6) is 0.347. The molecular weight excluding hydrogens is 230 g/mol. The summed E-state index contributed by atoms with van der Waals surface area (Å²) in [6.07, 6.45) is 2.48. The molecule has 1 aromatic heterocycles. The van der Waals surface area contributed by atoms with Crippen LogP contribution in [0.15, 0.2) is 18.3 Å². The fourth-order valence-electron chi connectivity index (χ4n) is 1.47. The van der Waals surface area contributed by atoms with Gasteiger partial charge in [0.25, 0.3) is 0 Å². The van der Waals surface area contributed by atoms with E-state index in [1.807, 2.05) is 20.8 Å². The summed E-state index contributed by atoms with van der Waals surface area (Å²) < 4.78 is 5.34. The van der Waals surface area contributed by atoms with Crippen LogP contribution in [-0.4, -0.2) is 23.5 Å². The van der Waals surface area contributed by atoms with Crippen molar-refractivity contribution in [2.45, 2.75) is 33.2 Å². The first kappa shape index (κ1) is 14.4. The van der Waals surface area contributed by atoms with Crippen molar-refractivity contribution in [2.75, 3.05) is 11.9 Å². The van der Waals surface area contributed by atoms with E-state index in [0.29, 0.717) is 18.2 Å². The molecule has 2 atom stereocenters. The van der Waals surface area contributed by atoms with E-state index in [1.165, 1.54) is 0 Å². The summed E-state index contributed by atoms with van der Waals surface area (Å²) in [6, 6.07) is 2.97. The maximum atomic E-state index is 11.9. The van der Waals surface area contributed by atoms with E-state index in [0.717, 1.165) is 6.42 Å². The highest BCUT2D eigenvalue weighted by atomic mass is 16.5. The zero-order valence-corrected chi connectivity index (χ0v) is 11.1. The summed E-state index contributed by atoms with van der Waals surface area (Å²) >= 11 is 0. The van der Waals surface area contributed by atoms with Gasteiger partial charge < -0.3 is 15.8 Å². The minimum Gasteiger partial charge on any atom is -0.476 e. The lowest BCUT2D eigenvalue weighted by molar-refractivity contribution is -0.118. The normalized spacial score (nSPS) is 13.8. The van der Waals surface area contributed by atoms with Crippen molar-refractivity contribution in [3.63, 3.8) is 0 Å². The number of rotatable bonds is 6. The summed E-state index contributed by atoms with van der Waals surface area (Å²) in [7, 11) is 0. The van der Waals surface area contributed by atoms with E-state index >= 15 is 0 Å². The second kappa shape index (κ2) is 6.96. The van der Waals surface area contributed by atoms with Crippen LogP contribution in [0.1, 0.15) is 27.2 Å². The molecule has 0 aromatic carbocycles. The zero-order valence-electron chi connectivity index (χ0n) is 11.1. The second-order valence-electron chi connectivity index (χ2n) is 4.19. The third-order valence-corrected chi connectivity index (χ3v) is 2.87. The summed E-state index contributed by atoms with van der Waals surface area (Å²) in [5.41, 5.74) is 6.43. The zero-order chi connectivity index (χ0) is 13.5. The van der Waals surface area contributed by atoms with Gasteiger partial charge in [-0.15, -0.1) is 0 Å². The molecule has 0 aliphatic rings. The molecule has 0 saturated heterocycles. The van der Waals surface area contributed by atoms with Gasteiger partial charge in [-0.3, -0.25) is 4.79 Å². The van der Waals surface area contributed by atoms with Crippen LogP contribution in [0.25, 0.3) is 0 Å². The molecule has 18 heavy (non-hydrogen) atoms. The Balaban J connectivity index is 2.75. The molecule has 100 valence electrons. The van der Waals surface area contributed by atoms with E-state index in [1.54, 1.807) is 18.3 Å². The van der Waals surface area contributed by atoms with Crippen molar-refractivity contribution >= 4 is 11.6 Å². The average molecular weight is 251 g/mol. The fourth-order valence-corrected chi connectivity index (χ4v) is 1.47. The van der Waals surface area contributed by atoms with E-state index in [9.17, 15) is 4.79 Å². The number of carbonyl (C=O) groups is 1. The first-order valence-electron chi connectivity index (χ1n) is 6.24. The monoisotopic (exact) mass is 251 g/mol. The Hall–Kier alpha value is -1.62. The van der Waals surface area contributed by atoms with E-state index in [-0.39, 0.29) is 11.8 Å². The molecule has 5 nitrogen and oxygen atoms in total. The highest BCUT2D eigenvalue weighted by Crippen LogP contribution is 2.21. The molecule has 0 fully saturated rings. The summed E-state index contributed by atoms with van der Waals surface area (Å²) in [6.45, 7) is 6.33. The number of aromatic nitrogens is 1. The second-order valence-corrected chi connectivity index (χ2v) is 4.19. The SMILES string of the molecule is CCOc1ncccc1NC(=O)[C@@H](N)[C@@H](C)CC. The Morgan fingerprint density at radius 1 is 1.56 bits per heavy atom. The number of ether oxygens (including phenoxy) is 1. The molecule has 1 amide bonds. The highest BCUT2D eigenvalue weighted by Gasteiger charge is 2.20. The van der Waals surface area contributed by atoms with Crippen molar-refractivity contribution in [1.29, 1.82) is 0 Å². The molecular formula is C13H21N3O2. The topological polar surface area (TPSA) is 77.2 Å². The van der Waals surface area contributed by atoms with Crippen molar-refractivity contribution in [1.82, 2.24) is 4.98 Å². The molecule has 0 unspecified atom stereocenters. The van der Waals surface area contributed by atoms with E-state index < -0.39 is 6.04 Å². The Bertz CT molecular complexity index is 396. The minimum absolute atomic E-state index is 0.136. The minimum atomic E-state index is -0.523. The third-order valence-electron chi connectivity index (χ3n) is 2.87. The third kappa shape index (κ3) is 3.70. The van der Waals surface area contributed by atoms with Crippen LogP contribution in [0.4, 0.5) is 5.69 Å². The van der Waals surface area contributed by atoms with Gasteiger partial charge in [-0.05, 0) is 25.0 Å². The van der Waals surface area contributed by atoms with Gasteiger partial charge in [0.2, 0.25) is 11.8 Å². The molecule has 1 rings (SSSR count). The maximum Gasteiger partial charge on any atom is 0.241 e. The molecule has 1 heterocycles. The standard InChI is InChI=1S/C13H21N3O2/c1-4-9(3)11(14)12(17)16-10-7-6-8-15-13(10)18-5-2/h6-9,11H,4-5,14H2,1-3H3,(H,16,17)/t9-,11-/m0/s1. The van der Waals surface area contributed by atoms with Gasteiger partial charge in [-0.2, -0.15) is 0 Å². The van der Waals surface area contributed by atoms with Gasteiger partial charge in [0.15, 0.2) is 0 Å². The molecule has 0 aliphatic carbocycles. The molecule has 0 saturated carbocycles. The number of nitrogens with zero attached hydrogens (tertiary/aromatic N) is 1. The first-order chi connectivity index (χ1) is 8.60. The van der Waals surface area contributed by atoms with Crippen LogP contribution in [0.2, 0.25) is 0 Å². The summed E-state index contributed by atoms with van der Waals surface area (Å²) in [4.78, 5) is 16.0. The van der Waals surface area contributed by atoms with Gasteiger partial charge >= 0.3 is 0 Å². The first-order valence-corrected chi connectivity index (χ1v) is 6.24. The number of anilines is 1. The number of hydrogen-bond acceptors (Lipinski definition) is 4. The van der Waals surface area contributed by atoms with Crippen molar-refractivity contribution in [3.05, 3.63) is 18.3 Å². The predicted molar refractivity (Wildman–Crippen MR) is 71.5 cm³/mol. The van der Waals surface area contributed by atoms with Gasteiger partial charge in [-0.25, -0.2) is 4.98 Å². The quantitative estimate of drug-likeness (QED) is 0.808. The maximum absolute atomic E-state index is 11.9. The van der Waals surface area contributed by atoms with E-state index in [4.69, 9.17) is 10.5 Å². The predicted octanol–water partition coefficient (Wildman–Crippen LogP) is 1.79. The lowest BCUT2D eigenvalue weighted by Crippen LogP contribution is -2.40. The molecule has 0 bridgehead atoms. The van der Waals surface area contributed by atoms with Crippen molar-refractivity contribution in [3.8, 4) is 5.88 Å². The molecule has 3 N–H and O–H groups in total. The Kier molecular flexibility index (Phi) is 5.58. The van der Waals surface area contributed by atoms with Crippen LogP contribution in [0.3, 0.4) is 0 Å². The Morgan fingerprint density at radius 2 is 2.28 bits per heavy atom. The van der Waals surface area contributed by atoms with Crippen molar-refractivity contribution < 1.29 is 9.53 Å². The number of amides is 1. The molecule has 0 spiro atoms. The van der Waals surface area contributed by atoms with Crippen LogP contribution >= 0.6 is 0 Å². The molecule has 1 aromatic rings. The lowest BCUT2D eigenvalue weighted by atomic mass is 9.99. The Labute approximate surface area is 108 Å². The molecule has 0 aliphatic heterocycles. The van der Waals surface area contributed by atoms with Gasteiger partial charge in [0, 0.05) is 6.20 Å². The molecule has 0 radical (unpaired) electrons. The van der Waals surface area contributed by atoms with Crippen LogP contribution in [0, 0.1) is 5.92 Å².